The molecule has 21 heavy (non-hydrogen) atoms. The van der Waals surface area contributed by atoms with Crippen LogP contribution in [0.2, 0.25) is 0 Å². The zero-order valence-electron chi connectivity index (χ0n) is 11.8. The molecule has 3 N–H and O–H groups in total. The first kappa shape index (κ1) is 14.8. The van der Waals surface area contributed by atoms with E-state index in [2.05, 4.69) is 27.1 Å². The lowest BCUT2D eigenvalue weighted by molar-refractivity contribution is 0.0950. The highest BCUT2D eigenvalue weighted by atomic mass is 16.2. The molecule has 0 spiro atoms. The number of imidazole rings is 1. The summed E-state index contributed by atoms with van der Waals surface area (Å²) in [4.78, 5) is 18.9. The molecule has 5 nitrogen and oxygen atoms in total. The van der Waals surface area contributed by atoms with E-state index >= 15 is 0 Å². The van der Waals surface area contributed by atoms with Gasteiger partial charge in [-0.2, -0.15) is 0 Å². The highest BCUT2D eigenvalue weighted by molar-refractivity contribution is 5.94. The molecular weight excluding hydrogens is 266 g/mol. The van der Waals surface area contributed by atoms with Crippen LogP contribution < -0.4 is 5.32 Å². The molecule has 2 rings (SSSR count). The van der Waals surface area contributed by atoms with Crippen LogP contribution in [0.4, 0.5) is 0 Å². The highest BCUT2D eigenvalue weighted by Gasteiger charge is 2.07. The van der Waals surface area contributed by atoms with Crippen LogP contribution in [-0.2, 0) is 6.54 Å². The van der Waals surface area contributed by atoms with Crippen molar-refractivity contribution in [3.8, 4) is 11.8 Å². The van der Waals surface area contributed by atoms with Gasteiger partial charge in [-0.25, -0.2) is 4.98 Å². The fourth-order valence-corrected chi connectivity index (χ4v) is 1.77. The van der Waals surface area contributed by atoms with E-state index in [9.17, 15) is 4.79 Å². The van der Waals surface area contributed by atoms with Crippen molar-refractivity contribution in [1.82, 2.24) is 15.3 Å². The Balaban J connectivity index is 2.07. The first-order valence-electron chi connectivity index (χ1n) is 6.66. The number of nitrogens with one attached hydrogen (secondary N) is 2. The van der Waals surface area contributed by atoms with Crippen molar-refractivity contribution in [1.29, 1.82) is 0 Å². The van der Waals surface area contributed by atoms with Gasteiger partial charge >= 0.3 is 0 Å². The van der Waals surface area contributed by atoms with Crippen molar-refractivity contribution < 1.29 is 9.90 Å². The van der Waals surface area contributed by atoms with Gasteiger partial charge in [-0.1, -0.05) is 17.9 Å². The molecule has 0 aliphatic carbocycles. The Labute approximate surface area is 123 Å². The summed E-state index contributed by atoms with van der Waals surface area (Å²) in [6.45, 7) is 2.38. The summed E-state index contributed by atoms with van der Waals surface area (Å²) in [7, 11) is 0. The summed E-state index contributed by atoms with van der Waals surface area (Å²) in [5.41, 5.74) is 3.22. The van der Waals surface area contributed by atoms with Crippen molar-refractivity contribution in [3.05, 3.63) is 53.1 Å². The Kier molecular flexibility index (Phi) is 5.13. The van der Waals surface area contributed by atoms with Crippen molar-refractivity contribution in [2.24, 2.45) is 0 Å². The number of aliphatic hydroxyl groups is 1. The SMILES string of the molecule is Cc1ccc(C(=O)NCc2cnc[nH]2)cc1C#CCCO. The lowest BCUT2D eigenvalue weighted by atomic mass is 10.0. The number of hydrogen-bond acceptors (Lipinski definition) is 3. The van der Waals surface area contributed by atoms with Crippen molar-refractivity contribution in [2.75, 3.05) is 6.61 Å². The van der Waals surface area contributed by atoms with Gasteiger partial charge in [0, 0.05) is 23.7 Å². The quantitative estimate of drug-likeness (QED) is 0.742. The van der Waals surface area contributed by atoms with Crippen LogP contribution in [-0.4, -0.2) is 27.6 Å². The van der Waals surface area contributed by atoms with Crippen LogP contribution in [0.3, 0.4) is 0 Å². The second-order valence-electron chi connectivity index (χ2n) is 4.56. The van der Waals surface area contributed by atoms with Gasteiger partial charge in [0.2, 0.25) is 0 Å². The second kappa shape index (κ2) is 7.27. The van der Waals surface area contributed by atoms with Crippen LogP contribution in [0.25, 0.3) is 0 Å². The predicted molar refractivity (Wildman–Crippen MR) is 79.5 cm³/mol. The number of nitrogens with zero attached hydrogens (tertiary/aromatic N) is 1. The smallest absolute Gasteiger partial charge is 0.251 e. The number of carbonyl (C=O) groups is 1. The van der Waals surface area contributed by atoms with E-state index in [-0.39, 0.29) is 12.5 Å². The monoisotopic (exact) mass is 283 g/mol. The molecule has 0 atom stereocenters. The largest absolute Gasteiger partial charge is 0.395 e. The average molecular weight is 283 g/mol. The van der Waals surface area contributed by atoms with Gasteiger partial charge in [0.1, 0.15) is 0 Å². The number of benzene rings is 1. The summed E-state index contributed by atoms with van der Waals surface area (Å²) in [5, 5.41) is 11.6. The number of aryl methyl sites for hydroxylation is 1. The van der Waals surface area contributed by atoms with Crippen LogP contribution in [0.15, 0.2) is 30.7 Å². The number of aliphatic hydroxyl groups excluding tert-OH is 1. The minimum absolute atomic E-state index is 0.0381. The molecule has 1 heterocycles. The predicted octanol–water partition coefficient (Wildman–Crippen LogP) is 1.38. The maximum absolute atomic E-state index is 12.1. The molecule has 2 aromatic rings. The van der Waals surface area contributed by atoms with Crippen molar-refractivity contribution in [3.63, 3.8) is 0 Å². The van der Waals surface area contributed by atoms with E-state index < -0.39 is 0 Å². The third-order valence-corrected chi connectivity index (χ3v) is 2.95. The molecule has 1 aromatic carbocycles. The highest BCUT2D eigenvalue weighted by Crippen LogP contribution is 2.10. The van der Waals surface area contributed by atoms with Crippen LogP contribution >= 0.6 is 0 Å². The third kappa shape index (κ3) is 4.20. The van der Waals surface area contributed by atoms with Gasteiger partial charge in [0.25, 0.3) is 5.91 Å². The molecular formula is C16H17N3O2. The Morgan fingerprint density at radius 2 is 2.33 bits per heavy atom. The van der Waals surface area contributed by atoms with E-state index in [1.54, 1.807) is 24.7 Å². The number of aromatic nitrogens is 2. The molecule has 1 amide bonds. The molecule has 0 aliphatic rings. The Bertz CT molecular complexity index is 667. The van der Waals surface area contributed by atoms with Crippen molar-refractivity contribution >= 4 is 5.91 Å². The number of amides is 1. The van der Waals surface area contributed by atoms with Gasteiger partial charge in [0.05, 0.1) is 25.2 Å². The molecule has 0 bridgehead atoms. The number of aromatic amines is 1. The number of hydrogen-bond donors (Lipinski definition) is 3. The summed E-state index contributed by atoms with van der Waals surface area (Å²) < 4.78 is 0. The van der Waals surface area contributed by atoms with E-state index in [1.807, 2.05) is 13.0 Å². The minimum atomic E-state index is -0.158. The Morgan fingerprint density at radius 1 is 1.48 bits per heavy atom. The fraction of sp³-hybridized carbons (Fsp3) is 0.250. The van der Waals surface area contributed by atoms with E-state index in [0.717, 1.165) is 16.8 Å². The molecule has 0 fully saturated rings. The maximum Gasteiger partial charge on any atom is 0.251 e. The third-order valence-electron chi connectivity index (χ3n) is 2.95. The Hall–Kier alpha value is -2.58. The van der Waals surface area contributed by atoms with Gasteiger partial charge < -0.3 is 15.4 Å². The summed E-state index contributed by atoms with van der Waals surface area (Å²) in [6.07, 6.45) is 3.67. The fourth-order valence-electron chi connectivity index (χ4n) is 1.77. The summed E-state index contributed by atoms with van der Waals surface area (Å²) in [6, 6.07) is 5.41. The second-order valence-corrected chi connectivity index (χ2v) is 4.56. The lowest BCUT2D eigenvalue weighted by Gasteiger charge is -2.06. The van der Waals surface area contributed by atoms with Gasteiger partial charge in [-0.3, -0.25) is 4.79 Å². The minimum Gasteiger partial charge on any atom is -0.395 e. The molecule has 0 saturated carbocycles. The molecule has 5 heteroatoms. The zero-order valence-corrected chi connectivity index (χ0v) is 11.8. The maximum atomic E-state index is 12.1. The summed E-state index contributed by atoms with van der Waals surface area (Å²) >= 11 is 0. The Morgan fingerprint density at radius 3 is 3.05 bits per heavy atom. The topological polar surface area (TPSA) is 78.0 Å². The number of rotatable bonds is 4. The first-order valence-corrected chi connectivity index (χ1v) is 6.66. The van der Waals surface area contributed by atoms with Crippen LogP contribution in [0.5, 0.6) is 0 Å². The zero-order chi connectivity index (χ0) is 15.1. The van der Waals surface area contributed by atoms with Crippen LogP contribution in [0, 0.1) is 18.8 Å². The van der Waals surface area contributed by atoms with Gasteiger partial charge in [-0.05, 0) is 24.6 Å². The number of H-pyrrole nitrogens is 1. The van der Waals surface area contributed by atoms with E-state index in [0.29, 0.717) is 18.5 Å². The van der Waals surface area contributed by atoms with Gasteiger partial charge in [-0.15, -0.1) is 0 Å². The van der Waals surface area contributed by atoms with E-state index in [1.165, 1.54) is 0 Å². The van der Waals surface area contributed by atoms with Crippen molar-refractivity contribution in [2.45, 2.75) is 19.9 Å². The normalized spacial score (nSPS) is 9.81. The summed E-state index contributed by atoms with van der Waals surface area (Å²) in [5.74, 6) is 5.68. The van der Waals surface area contributed by atoms with Crippen LogP contribution in [0.1, 0.15) is 33.6 Å². The molecule has 1 aromatic heterocycles. The molecule has 108 valence electrons. The first-order chi connectivity index (χ1) is 10.2. The average Bonchev–Trinajstić information content (AvgIpc) is 3.00. The molecule has 0 unspecified atom stereocenters. The van der Waals surface area contributed by atoms with Gasteiger partial charge in [0.15, 0.2) is 0 Å². The molecule has 0 radical (unpaired) electrons. The van der Waals surface area contributed by atoms with E-state index in [4.69, 9.17) is 5.11 Å². The lowest BCUT2D eigenvalue weighted by Crippen LogP contribution is -2.23. The number of carbonyl (C=O) groups excluding carboxylic acids is 1. The molecule has 0 aliphatic heterocycles. The molecule has 0 saturated heterocycles. The standard InChI is InChI=1S/C16H17N3O2/c1-12-5-6-14(8-13(12)4-2-3-7-20)16(21)18-10-15-9-17-11-19-15/h5-6,8-9,11,20H,3,7,10H2,1H3,(H,17,19)(H,18,21).